The maximum absolute atomic E-state index is 14.1. The Labute approximate surface area is 219 Å². The molecule has 0 spiro atoms. The zero-order valence-electron chi connectivity index (χ0n) is 19.5. The van der Waals surface area contributed by atoms with E-state index in [1.807, 2.05) is 0 Å². The molecule has 3 aromatic carbocycles. The first-order valence-electron chi connectivity index (χ1n) is 11.1. The van der Waals surface area contributed by atoms with Crippen molar-refractivity contribution in [2.24, 2.45) is 5.92 Å². The lowest BCUT2D eigenvalue weighted by atomic mass is 10.0. The van der Waals surface area contributed by atoms with E-state index in [0.717, 1.165) is 28.6 Å². The lowest BCUT2D eigenvalue weighted by Gasteiger charge is -2.36. The summed E-state index contributed by atoms with van der Waals surface area (Å²) in [7, 11) is -4.65. The number of fused-ring (bicyclic) bond motifs is 1. The number of ether oxygens (including phenoxy) is 1. The molecule has 1 aliphatic rings. The van der Waals surface area contributed by atoms with E-state index >= 15 is 0 Å². The van der Waals surface area contributed by atoms with Gasteiger partial charge in [-0.1, -0.05) is 30.7 Å². The Morgan fingerprint density at radius 2 is 1.87 bits per heavy atom. The largest absolute Gasteiger partial charge is 0.486 e. The second-order valence-corrected chi connectivity index (χ2v) is 10.9. The maximum atomic E-state index is 14.1. The van der Waals surface area contributed by atoms with Crippen molar-refractivity contribution in [2.75, 3.05) is 10.8 Å². The van der Waals surface area contributed by atoms with E-state index in [1.165, 1.54) is 25.1 Å². The van der Waals surface area contributed by atoms with Crippen LogP contribution >= 0.6 is 11.6 Å². The van der Waals surface area contributed by atoms with Crippen LogP contribution in [0.5, 0.6) is 5.75 Å². The van der Waals surface area contributed by atoms with Crippen LogP contribution in [-0.2, 0) is 21.0 Å². The van der Waals surface area contributed by atoms with Crippen molar-refractivity contribution in [3.63, 3.8) is 0 Å². The van der Waals surface area contributed by atoms with Crippen LogP contribution in [0.2, 0.25) is 5.02 Å². The quantitative estimate of drug-likeness (QED) is 0.273. The van der Waals surface area contributed by atoms with Gasteiger partial charge in [-0.15, -0.1) is 0 Å². The summed E-state index contributed by atoms with van der Waals surface area (Å²) in [4.78, 5) is 10.7. The highest BCUT2D eigenvalue weighted by atomic mass is 35.5. The molecule has 2 atom stereocenters. The van der Waals surface area contributed by atoms with E-state index in [0.29, 0.717) is 12.1 Å². The molecule has 0 saturated heterocycles. The average molecular weight is 576 g/mol. The van der Waals surface area contributed by atoms with Crippen molar-refractivity contribution in [2.45, 2.75) is 30.5 Å². The summed E-state index contributed by atoms with van der Waals surface area (Å²) < 4.78 is 102. The van der Waals surface area contributed by atoms with Gasteiger partial charge in [-0.3, -0.25) is 9.10 Å². The molecule has 6 nitrogen and oxygen atoms in total. The van der Waals surface area contributed by atoms with Crippen molar-refractivity contribution in [3.8, 4) is 16.9 Å². The lowest BCUT2D eigenvalue weighted by Crippen LogP contribution is -2.44. The number of anilines is 1. The number of nitrogens with zero attached hydrogens (tertiary/aromatic N) is 1. The van der Waals surface area contributed by atoms with Gasteiger partial charge in [0.1, 0.15) is 23.5 Å². The SMILES string of the molecule is C[C@@H](C[C@H]1CN(S(=O)(=O)c2cccc(C(F)(F)F)c2)c2cc(-c3cc(F)cc(F)c3Cl)ccc2O1)C(=O)O. The van der Waals surface area contributed by atoms with Crippen LogP contribution in [0, 0.1) is 17.6 Å². The fourth-order valence-electron chi connectivity index (χ4n) is 4.05. The Balaban J connectivity index is 1.86. The second-order valence-electron chi connectivity index (χ2n) is 8.71. The molecule has 0 aliphatic carbocycles. The fraction of sp³-hybridized carbons (Fsp3) is 0.240. The molecule has 0 radical (unpaired) electrons. The van der Waals surface area contributed by atoms with Crippen molar-refractivity contribution < 1.29 is 45.0 Å². The number of hydrogen-bond acceptors (Lipinski definition) is 4. The Hall–Kier alpha value is -3.38. The highest BCUT2D eigenvalue weighted by Crippen LogP contribution is 2.43. The molecule has 1 N–H and O–H groups in total. The van der Waals surface area contributed by atoms with Crippen LogP contribution in [0.3, 0.4) is 0 Å². The minimum atomic E-state index is -4.81. The Kier molecular flexibility index (Phi) is 7.32. The van der Waals surface area contributed by atoms with Gasteiger partial charge in [0, 0.05) is 11.6 Å². The summed E-state index contributed by atoms with van der Waals surface area (Å²) in [6, 6.07) is 8.60. The number of carboxylic acids is 1. The number of benzene rings is 3. The van der Waals surface area contributed by atoms with Crippen molar-refractivity contribution in [3.05, 3.63) is 76.8 Å². The normalized spacial score (nSPS) is 16.5. The number of hydrogen-bond donors (Lipinski definition) is 1. The van der Waals surface area contributed by atoms with E-state index in [1.54, 1.807) is 0 Å². The van der Waals surface area contributed by atoms with Crippen LogP contribution in [-0.4, -0.2) is 32.1 Å². The van der Waals surface area contributed by atoms with Gasteiger partial charge < -0.3 is 9.84 Å². The smallest absolute Gasteiger partial charge is 0.416 e. The summed E-state index contributed by atoms with van der Waals surface area (Å²) in [6.45, 7) is 0.967. The van der Waals surface area contributed by atoms with Crippen molar-refractivity contribution in [1.29, 1.82) is 0 Å². The van der Waals surface area contributed by atoms with E-state index in [2.05, 4.69) is 0 Å². The van der Waals surface area contributed by atoms with Gasteiger partial charge in [-0.2, -0.15) is 13.2 Å². The Morgan fingerprint density at radius 1 is 1.16 bits per heavy atom. The van der Waals surface area contributed by atoms with E-state index in [-0.39, 0.29) is 29.0 Å². The minimum absolute atomic E-state index is 0.0221. The molecule has 0 amide bonds. The van der Waals surface area contributed by atoms with Gasteiger partial charge in [-0.25, -0.2) is 17.2 Å². The van der Waals surface area contributed by atoms with E-state index in [4.69, 9.17) is 16.3 Å². The van der Waals surface area contributed by atoms with Gasteiger partial charge >= 0.3 is 12.1 Å². The van der Waals surface area contributed by atoms with Gasteiger partial charge in [0.15, 0.2) is 0 Å². The first-order chi connectivity index (χ1) is 17.7. The summed E-state index contributed by atoms with van der Waals surface area (Å²) in [5.74, 6) is -4.08. The Bertz CT molecular complexity index is 1510. The zero-order valence-corrected chi connectivity index (χ0v) is 21.0. The summed E-state index contributed by atoms with van der Waals surface area (Å²) in [6.07, 6.45) is -5.87. The number of halogens is 6. The first-order valence-corrected chi connectivity index (χ1v) is 12.9. The van der Waals surface area contributed by atoms with Crippen LogP contribution in [0.1, 0.15) is 18.9 Å². The fourth-order valence-corrected chi connectivity index (χ4v) is 5.81. The third kappa shape index (κ3) is 5.41. The van der Waals surface area contributed by atoms with Crippen molar-refractivity contribution >= 4 is 33.3 Å². The highest BCUT2D eigenvalue weighted by molar-refractivity contribution is 7.92. The lowest BCUT2D eigenvalue weighted by molar-refractivity contribution is -0.142. The van der Waals surface area contributed by atoms with Crippen LogP contribution in [0.25, 0.3) is 11.1 Å². The van der Waals surface area contributed by atoms with Gasteiger partial charge in [0.25, 0.3) is 10.0 Å². The molecule has 202 valence electrons. The number of sulfonamides is 1. The van der Waals surface area contributed by atoms with Crippen molar-refractivity contribution in [1.82, 2.24) is 0 Å². The van der Waals surface area contributed by atoms with E-state index < -0.39 is 67.9 Å². The highest BCUT2D eigenvalue weighted by Gasteiger charge is 2.38. The molecular formula is C25H19ClF5NO5S. The number of aliphatic carboxylic acids is 1. The molecular weight excluding hydrogens is 557 g/mol. The number of carbonyl (C=O) groups is 1. The molecule has 1 aliphatic heterocycles. The molecule has 13 heteroatoms. The third-order valence-corrected chi connectivity index (χ3v) is 8.14. The predicted molar refractivity (Wildman–Crippen MR) is 129 cm³/mol. The van der Waals surface area contributed by atoms with Crippen LogP contribution in [0.15, 0.2) is 59.5 Å². The monoisotopic (exact) mass is 575 g/mol. The molecule has 0 bridgehead atoms. The summed E-state index contributed by atoms with van der Waals surface area (Å²) in [5, 5.41) is 8.86. The standard InChI is InChI=1S/C25H19ClF5NO5S/c1-13(24(33)34)7-17-12-32(38(35,36)18-4-2-3-15(9-18)25(29,30)31)21-8-14(5-6-22(21)37-17)19-10-16(27)11-20(28)23(19)26/h2-6,8-11,13,17H,7,12H2,1H3,(H,33,34)/t13-,17-/m0/s1. The van der Waals surface area contributed by atoms with Gasteiger partial charge in [-0.05, 0) is 48.4 Å². The minimum Gasteiger partial charge on any atom is -0.486 e. The Morgan fingerprint density at radius 3 is 2.53 bits per heavy atom. The first kappa shape index (κ1) is 27.6. The zero-order chi connectivity index (χ0) is 28.0. The van der Waals surface area contributed by atoms with Gasteiger partial charge in [0.2, 0.25) is 0 Å². The molecule has 1 heterocycles. The molecule has 38 heavy (non-hydrogen) atoms. The van der Waals surface area contributed by atoms with Crippen LogP contribution < -0.4 is 9.04 Å². The van der Waals surface area contributed by atoms with Crippen LogP contribution in [0.4, 0.5) is 27.6 Å². The number of alkyl halides is 3. The molecule has 0 saturated carbocycles. The third-order valence-electron chi connectivity index (χ3n) is 5.98. The molecule has 4 rings (SSSR count). The summed E-state index contributed by atoms with van der Waals surface area (Å²) >= 11 is 6.01. The molecule has 3 aromatic rings. The molecule has 0 fully saturated rings. The topological polar surface area (TPSA) is 83.9 Å². The average Bonchev–Trinajstić information content (AvgIpc) is 2.85. The molecule has 0 aromatic heterocycles. The number of rotatable bonds is 6. The number of carboxylic acid groups (broad SMARTS) is 1. The second kappa shape index (κ2) is 10.1. The maximum Gasteiger partial charge on any atom is 0.416 e. The predicted octanol–water partition coefficient (Wildman–Crippen LogP) is 6.37. The molecule has 0 unspecified atom stereocenters. The van der Waals surface area contributed by atoms with Gasteiger partial charge in [0.05, 0.1) is 33.6 Å². The summed E-state index contributed by atoms with van der Waals surface area (Å²) in [5.41, 5.74) is -1.29. The van der Waals surface area contributed by atoms with E-state index in [9.17, 15) is 40.3 Å².